The molecule has 0 fully saturated rings. The maximum Gasteiger partial charge on any atom is 0.137 e. The van der Waals surface area contributed by atoms with Gasteiger partial charge in [-0.1, -0.05) is 19.1 Å². The van der Waals surface area contributed by atoms with Gasteiger partial charge < -0.3 is 10.1 Å². The van der Waals surface area contributed by atoms with E-state index in [1.807, 2.05) is 13.1 Å². The van der Waals surface area contributed by atoms with E-state index >= 15 is 0 Å². The van der Waals surface area contributed by atoms with E-state index in [1.54, 1.807) is 6.20 Å². The molecule has 0 aliphatic rings. The third-order valence-electron chi connectivity index (χ3n) is 3.18. The summed E-state index contributed by atoms with van der Waals surface area (Å²) in [6.07, 6.45) is 4.77. The SMILES string of the molecule is CCCNC(c1ccc(I)cc1)c1cncc(OCC)c1. The molecule has 1 heterocycles. The lowest BCUT2D eigenvalue weighted by Crippen LogP contribution is -2.23. The second kappa shape index (κ2) is 8.34. The zero-order valence-corrected chi connectivity index (χ0v) is 14.6. The third kappa shape index (κ3) is 4.68. The fourth-order valence-electron chi connectivity index (χ4n) is 2.21. The number of ether oxygens (including phenoxy) is 1. The second-order valence-electron chi connectivity index (χ2n) is 4.83. The summed E-state index contributed by atoms with van der Waals surface area (Å²) in [6.45, 7) is 5.78. The van der Waals surface area contributed by atoms with Gasteiger partial charge in [0, 0.05) is 9.77 Å². The zero-order chi connectivity index (χ0) is 15.1. The molecular weight excluding hydrogens is 375 g/mol. The van der Waals surface area contributed by atoms with Gasteiger partial charge in [0.05, 0.1) is 18.8 Å². The Morgan fingerprint density at radius 2 is 1.90 bits per heavy atom. The number of rotatable bonds is 7. The molecule has 1 N–H and O–H groups in total. The van der Waals surface area contributed by atoms with Gasteiger partial charge in [-0.3, -0.25) is 4.98 Å². The highest BCUT2D eigenvalue weighted by Crippen LogP contribution is 2.25. The second-order valence-corrected chi connectivity index (χ2v) is 6.07. The predicted octanol–water partition coefficient (Wildman–Crippen LogP) is 4.17. The van der Waals surface area contributed by atoms with E-state index in [9.17, 15) is 0 Å². The summed E-state index contributed by atoms with van der Waals surface area (Å²) in [6, 6.07) is 10.8. The normalized spacial score (nSPS) is 12.1. The fraction of sp³-hybridized carbons (Fsp3) is 0.353. The molecule has 1 unspecified atom stereocenters. The number of nitrogens with one attached hydrogen (secondary N) is 1. The number of hydrogen-bond acceptors (Lipinski definition) is 3. The van der Waals surface area contributed by atoms with Crippen molar-refractivity contribution in [2.75, 3.05) is 13.2 Å². The summed E-state index contributed by atoms with van der Waals surface area (Å²) in [5.74, 6) is 0.823. The van der Waals surface area contributed by atoms with Crippen LogP contribution < -0.4 is 10.1 Å². The van der Waals surface area contributed by atoms with Crippen molar-refractivity contribution < 1.29 is 4.74 Å². The Balaban J connectivity index is 2.30. The maximum absolute atomic E-state index is 5.56. The average molecular weight is 396 g/mol. The Kier molecular flexibility index (Phi) is 6.45. The molecule has 4 heteroatoms. The van der Waals surface area contributed by atoms with E-state index in [4.69, 9.17) is 4.74 Å². The van der Waals surface area contributed by atoms with Crippen molar-refractivity contribution in [1.82, 2.24) is 10.3 Å². The van der Waals surface area contributed by atoms with Crippen LogP contribution in [0.2, 0.25) is 0 Å². The van der Waals surface area contributed by atoms with Gasteiger partial charge in [-0.2, -0.15) is 0 Å². The van der Waals surface area contributed by atoms with Gasteiger partial charge in [0.2, 0.25) is 0 Å². The first-order valence-electron chi connectivity index (χ1n) is 7.31. The van der Waals surface area contributed by atoms with Crippen molar-refractivity contribution in [3.05, 3.63) is 57.4 Å². The molecule has 0 bridgehead atoms. The summed E-state index contributed by atoms with van der Waals surface area (Å²) >= 11 is 2.33. The van der Waals surface area contributed by atoms with Gasteiger partial charge in [-0.05, 0) is 71.8 Å². The monoisotopic (exact) mass is 396 g/mol. The van der Waals surface area contributed by atoms with Crippen molar-refractivity contribution in [3.63, 3.8) is 0 Å². The third-order valence-corrected chi connectivity index (χ3v) is 3.90. The number of pyridine rings is 1. The van der Waals surface area contributed by atoms with Crippen molar-refractivity contribution in [2.45, 2.75) is 26.3 Å². The summed E-state index contributed by atoms with van der Waals surface area (Å²) in [7, 11) is 0. The van der Waals surface area contributed by atoms with Gasteiger partial charge in [-0.15, -0.1) is 0 Å². The van der Waals surface area contributed by atoms with Crippen LogP contribution in [0.3, 0.4) is 0 Å². The molecular formula is C17H21IN2O. The molecule has 1 aromatic carbocycles. The standard InChI is InChI=1S/C17H21IN2O/c1-3-9-20-17(13-5-7-15(18)8-6-13)14-10-16(21-4-2)12-19-11-14/h5-8,10-12,17,20H,3-4,9H2,1-2H3. The minimum Gasteiger partial charge on any atom is -0.492 e. The lowest BCUT2D eigenvalue weighted by molar-refractivity contribution is 0.338. The van der Waals surface area contributed by atoms with Crippen molar-refractivity contribution in [3.8, 4) is 5.75 Å². The molecule has 0 radical (unpaired) electrons. The number of hydrogen-bond donors (Lipinski definition) is 1. The zero-order valence-electron chi connectivity index (χ0n) is 12.5. The molecule has 1 atom stereocenters. The molecule has 0 aliphatic carbocycles. The van der Waals surface area contributed by atoms with Crippen molar-refractivity contribution in [2.24, 2.45) is 0 Å². The van der Waals surface area contributed by atoms with Crippen LogP contribution in [-0.2, 0) is 0 Å². The van der Waals surface area contributed by atoms with E-state index in [0.717, 1.165) is 24.3 Å². The largest absolute Gasteiger partial charge is 0.492 e. The molecule has 0 spiro atoms. The maximum atomic E-state index is 5.56. The molecule has 3 nitrogen and oxygen atoms in total. The van der Waals surface area contributed by atoms with Crippen molar-refractivity contribution in [1.29, 1.82) is 0 Å². The summed E-state index contributed by atoms with van der Waals surface area (Å²) in [4.78, 5) is 4.31. The predicted molar refractivity (Wildman–Crippen MR) is 94.7 cm³/mol. The van der Waals surface area contributed by atoms with E-state index in [2.05, 4.69) is 70.1 Å². The topological polar surface area (TPSA) is 34.2 Å². The molecule has 2 aromatic rings. The lowest BCUT2D eigenvalue weighted by atomic mass is 10.00. The molecule has 0 saturated carbocycles. The first-order valence-corrected chi connectivity index (χ1v) is 8.39. The van der Waals surface area contributed by atoms with Crippen LogP contribution in [0.4, 0.5) is 0 Å². The number of benzene rings is 1. The van der Waals surface area contributed by atoms with Crippen LogP contribution in [0.15, 0.2) is 42.7 Å². The van der Waals surface area contributed by atoms with Crippen molar-refractivity contribution >= 4 is 22.6 Å². The van der Waals surface area contributed by atoms with Crippen LogP contribution in [0.5, 0.6) is 5.75 Å². The van der Waals surface area contributed by atoms with Crippen LogP contribution in [-0.4, -0.2) is 18.1 Å². The molecule has 0 aliphatic heterocycles. The first-order chi connectivity index (χ1) is 10.2. The molecule has 0 amide bonds. The van der Waals surface area contributed by atoms with E-state index < -0.39 is 0 Å². The van der Waals surface area contributed by atoms with Gasteiger partial charge in [-0.25, -0.2) is 0 Å². The Morgan fingerprint density at radius 3 is 2.57 bits per heavy atom. The average Bonchev–Trinajstić information content (AvgIpc) is 2.50. The van der Waals surface area contributed by atoms with Crippen LogP contribution in [0.25, 0.3) is 0 Å². The molecule has 112 valence electrons. The molecule has 2 rings (SSSR count). The van der Waals surface area contributed by atoms with Crippen LogP contribution in [0.1, 0.15) is 37.4 Å². The summed E-state index contributed by atoms with van der Waals surface area (Å²) in [5, 5.41) is 3.59. The Morgan fingerprint density at radius 1 is 1.14 bits per heavy atom. The molecule has 0 saturated heterocycles. The number of nitrogens with zero attached hydrogens (tertiary/aromatic N) is 1. The number of halogens is 1. The molecule has 1 aromatic heterocycles. The minimum absolute atomic E-state index is 0.148. The fourth-order valence-corrected chi connectivity index (χ4v) is 2.57. The van der Waals surface area contributed by atoms with Crippen LogP contribution >= 0.6 is 22.6 Å². The van der Waals surface area contributed by atoms with Gasteiger partial charge in [0.15, 0.2) is 0 Å². The van der Waals surface area contributed by atoms with Gasteiger partial charge in [0.25, 0.3) is 0 Å². The van der Waals surface area contributed by atoms with Gasteiger partial charge >= 0.3 is 0 Å². The Hall–Kier alpha value is -1.14. The van der Waals surface area contributed by atoms with E-state index in [0.29, 0.717) is 6.61 Å². The summed E-state index contributed by atoms with van der Waals surface area (Å²) < 4.78 is 6.81. The number of aromatic nitrogens is 1. The molecule has 21 heavy (non-hydrogen) atoms. The Labute approximate surface area is 140 Å². The highest BCUT2D eigenvalue weighted by Gasteiger charge is 2.14. The quantitative estimate of drug-likeness (QED) is 0.714. The lowest BCUT2D eigenvalue weighted by Gasteiger charge is -2.20. The minimum atomic E-state index is 0.148. The Bertz CT molecular complexity index is 557. The highest BCUT2D eigenvalue weighted by atomic mass is 127. The highest BCUT2D eigenvalue weighted by molar-refractivity contribution is 14.1. The van der Waals surface area contributed by atoms with E-state index in [1.165, 1.54) is 9.13 Å². The van der Waals surface area contributed by atoms with E-state index in [-0.39, 0.29) is 6.04 Å². The summed E-state index contributed by atoms with van der Waals surface area (Å²) in [5.41, 5.74) is 2.38. The smallest absolute Gasteiger partial charge is 0.137 e. The van der Waals surface area contributed by atoms with Crippen LogP contribution in [0, 0.1) is 3.57 Å². The van der Waals surface area contributed by atoms with Gasteiger partial charge in [0.1, 0.15) is 5.75 Å². The first kappa shape index (κ1) is 16.2.